The molecule has 0 saturated carbocycles. The Hall–Kier alpha value is -2.08. The summed E-state index contributed by atoms with van der Waals surface area (Å²) in [6, 6.07) is 4.88. The Morgan fingerprint density at radius 1 is 1.53 bits per heavy atom. The molecular formula is C11H9NO4S. The minimum absolute atomic E-state index is 0.217. The van der Waals surface area contributed by atoms with E-state index in [1.54, 1.807) is 23.7 Å². The van der Waals surface area contributed by atoms with E-state index in [1.807, 2.05) is 0 Å². The van der Waals surface area contributed by atoms with E-state index >= 15 is 0 Å². The predicted octanol–water partition coefficient (Wildman–Crippen LogP) is 2.64. The second-order valence-corrected chi connectivity index (χ2v) is 3.98. The number of carbonyl (C=O) groups is 1. The van der Waals surface area contributed by atoms with Gasteiger partial charge in [0.15, 0.2) is 5.75 Å². The second-order valence-electron chi connectivity index (χ2n) is 3.06. The van der Waals surface area contributed by atoms with Gasteiger partial charge in [-0.3, -0.25) is 0 Å². The molecule has 2 heterocycles. The number of rotatable bonds is 4. The van der Waals surface area contributed by atoms with Crippen molar-refractivity contribution in [1.82, 2.24) is 4.98 Å². The van der Waals surface area contributed by atoms with Gasteiger partial charge >= 0.3 is 5.97 Å². The third kappa shape index (κ3) is 2.54. The quantitative estimate of drug-likeness (QED) is 0.904. The maximum absolute atomic E-state index is 10.7. The smallest absolute Gasteiger partial charge is 0.346 e. The number of hydrogen-bond donors (Lipinski definition) is 1. The summed E-state index contributed by atoms with van der Waals surface area (Å²) in [6.07, 6.45) is 1.57. The standard InChI is InChI=1S/C11H9NO4S/c1-15-8-3-2-4-12-10(8)16-7-5-9(11(13)14)17-6-7/h2-6H,1H3,(H,13,14). The van der Waals surface area contributed by atoms with Gasteiger partial charge in [-0.2, -0.15) is 0 Å². The molecule has 0 aliphatic carbocycles. The number of carboxylic acid groups (broad SMARTS) is 1. The number of aromatic carboxylic acids is 1. The number of methoxy groups -OCH3 is 1. The zero-order chi connectivity index (χ0) is 12.3. The summed E-state index contributed by atoms with van der Waals surface area (Å²) >= 11 is 1.10. The lowest BCUT2D eigenvalue weighted by atomic mass is 10.4. The Morgan fingerprint density at radius 3 is 3.00 bits per heavy atom. The fourth-order valence-corrected chi connectivity index (χ4v) is 1.85. The third-order valence-electron chi connectivity index (χ3n) is 1.96. The highest BCUT2D eigenvalue weighted by molar-refractivity contribution is 7.12. The molecule has 2 aromatic rings. The van der Waals surface area contributed by atoms with Gasteiger partial charge in [0.1, 0.15) is 10.6 Å². The summed E-state index contributed by atoms with van der Waals surface area (Å²) in [6.45, 7) is 0. The van der Waals surface area contributed by atoms with Crippen molar-refractivity contribution in [3.63, 3.8) is 0 Å². The van der Waals surface area contributed by atoms with Crippen molar-refractivity contribution in [3.8, 4) is 17.4 Å². The summed E-state index contributed by atoms with van der Waals surface area (Å²) in [4.78, 5) is 14.9. The highest BCUT2D eigenvalue weighted by Gasteiger charge is 2.11. The molecule has 0 aliphatic heterocycles. The number of pyridine rings is 1. The molecule has 0 aliphatic rings. The first kappa shape index (κ1) is 11.4. The van der Waals surface area contributed by atoms with E-state index in [-0.39, 0.29) is 4.88 Å². The van der Waals surface area contributed by atoms with Crippen LogP contribution in [0.2, 0.25) is 0 Å². The van der Waals surface area contributed by atoms with Crippen LogP contribution in [0.4, 0.5) is 0 Å². The van der Waals surface area contributed by atoms with Crippen LogP contribution < -0.4 is 9.47 Å². The van der Waals surface area contributed by atoms with E-state index in [4.69, 9.17) is 14.6 Å². The molecule has 6 heteroatoms. The topological polar surface area (TPSA) is 68.7 Å². The van der Waals surface area contributed by atoms with Crippen LogP contribution in [0.3, 0.4) is 0 Å². The number of carboxylic acids is 1. The molecule has 0 spiro atoms. The molecule has 0 radical (unpaired) electrons. The normalized spacial score (nSPS) is 9.94. The molecule has 0 saturated heterocycles. The molecule has 0 unspecified atom stereocenters. The number of nitrogens with zero attached hydrogens (tertiary/aromatic N) is 1. The lowest BCUT2D eigenvalue weighted by molar-refractivity contribution is 0.0702. The highest BCUT2D eigenvalue weighted by atomic mass is 32.1. The van der Waals surface area contributed by atoms with E-state index in [0.29, 0.717) is 17.4 Å². The van der Waals surface area contributed by atoms with Crippen LogP contribution >= 0.6 is 11.3 Å². The van der Waals surface area contributed by atoms with Crippen LogP contribution in [-0.4, -0.2) is 23.2 Å². The van der Waals surface area contributed by atoms with E-state index in [9.17, 15) is 4.79 Å². The molecule has 5 nitrogen and oxygen atoms in total. The molecule has 1 N–H and O–H groups in total. The largest absolute Gasteiger partial charge is 0.491 e. The van der Waals surface area contributed by atoms with Crippen molar-refractivity contribution < 1.29 is 19.4 Å². The van der Waals surface area contributed by atoms with Gasteiger partial charge in [-0.25, -0.2) is 9.78 Å². The average Bonchev–Trinajstić information content (AvgIpc) is 2.78. The summed E-state index contributed by atoms with van der Waals surface area (Å²) < 4.78 is 10.5. The van der Waals surface area contributed by atoms with Gasteiger partial charge < -0.3 is 14.6 Å². The van der Waals surface area contributed by atoms with Crippen LogP contribution in [0.1, 0.15) is 9.67 Å². The van der Waals surface area contributed by atoms with Crippen LogP contribution in [0.5, 0.6) is 17.4 Å². The molecule has 0 fully saturated rings. The highest BCUT2D eigenvalue weighted by Crippen LogP contribution is 2.31. The fourth-order valence-electron chi connectivity index (χ4n) is 1.20. The summed E-state index contributed by atoms with van der Waals surface area (Å²) in [5, 5.41) is 10.4. The van der Waals surface area contributed by atoms with Crippen LogP contribution in [-0.2, 0) is 0 Å². The molecule has 88 valence electrons. The predicted molar refractivity (Wildman–Crippen MR) is 62.1 cm³/mol. The molecule has 0 atom stereocenters. The van der Waals surface area contributed by atoms with Gasteiger partial charge in [0.25, 0.3) is 5.88 Å². The molecular weight excluding hydrogens is 242 g/mol. The molecule has 0 bridgehead atoms. The van der Waals surface area contributed by atoms with Crippen molar-refractivity contribution in [2.45, 2.75) is 0 Å². The zero-order valence-electron chi connectivity index (χ0n) is 8.91. The van der Waals surface area contributed by atoms with Gasteiger partial charge in [0, 0.05) is 17.6 Å². The van der Waals surface area contributed by atoms with Crippen LogP contribution in [0.15, 0.2) is 29.8 Å². The van der Waals surface area contributed by atoms with Gasteiger partial charge in [0.2, 0.25) is 0 Å². The Morgan fingerprint density at radius 2 is 2.35 bits per heavy atom. The number of ether oxygens (including phenoxy) is 2. The van der Waals surface area contributed by atoms with Crippen LogP contribution in [0.25, 0.3) is 0 Å². The summed E-state index contributed by atoms with van der Waals surface area (Å²) in [5.41, 5.74) is 0. The van der Waals surface area contributed by atoms with Gasteiger partial charge in [-0.05, 0) is 12.1 Å². The summed E-state index contributed by atoms with van der Waals surface area (Å²) in [5.74, 6) is 0.266. The van der Waals surface area contributed by atoms with Gasteiger partial charge in [-0.15, -0.1) is 11.3 Å². The molecule has 0 aromatic carbocycles. The monoisotopic (exact) mass is 251 g/mol. The SMILES string of the molecule is COc1cccnc1Oc1csc(C(=O)O)c1. The Labute approximate surface area is 101 Å². The summed E-state index contributed by atoms with van der Waals surface area (Å²) in [7, 11) is 1.51. The van der Waals surface area contributed by atoms with Crippen LogP contribution in [0, 0.1) is 0 Å². The van der Waals surface area contributed by atoms with E-state index < -0.39 is 5.97 Å². The number of aromatic nitrogens is 1. The fraction of sp³-hybridized carbons (Fsp3) is 0.0909. The van der Waals surface area contributed by atoms with Crippen molar-refractivity contribution in [1.29, 1.82) is 0 Å². The van der Waals surface area contributed by atoms with E-state index in [1.165, 1.54) is 13.2 Å². The van der Waals surface area contributed by atoms with Crippen molar-refractivity contribution >= 4 is 17.3 Å². The Bertz CT molecular complexity index is 538. The first-order valence-corrected chi connectivity index (χ1v) is 5.57. The second kappa shape index (κ2) is 4.84. The zero-order valence-corrected chi connectivity index (χ0v) is 9.73. The maximum atomic E-state index is 10.7. The Balaban J connectivity index is 2.22. The molecule has 2 rings (SSSR count). The third-order valence-corrected chi connectivity index (χ3v) is 2.85. The lowest BCUT2D eigenvalue weighted by Gasteiger charge is -2.06. The minimum atomic E-state index is -0.974. The van der Waals surface area contributed by atoms with Gasteiger partial charge in [0.05, 0.1) is 7.11 Å². The number of hydrogen-bond acceptors (Lipinski definition) is 5. The average molecular weight is 251 g/mol. The van der Waals surface area contributed by atoms with Crippen molar-refractivity contribution in [2.24, 2.45) is 0 Å². The van der Waals surface area contributed by atoms with Crippen molar-refractivity contribution in [3.05, 3.63) is 34.7 Å². The van der Waals surface area contributed by atoms with Crippen molar-refractivity contribution in [2.75, 3.05) is 7.11 Å². The van der Waals surface area contributed by atoms with E-state index in [0.717, 1.165) is 11.3 Å². The first-order chi connectivity index (χ1) is 8.20. The molecule has 17 heavy (non-hydrogen) atoms. The maximum Gasteiger partial charge on any atom is 0.346 e. The van der Waals surface area contributed by atoms with Gasteiger partial charge in [-0.1, -0.05) is 0 Å². The van der Waals surface area contributed by atoms with E-state index in [2.05, 4.69) is 4.98 Å². The lowest BCUT2D eigenvalue weighted by Crippen LogP contribution is -1.92. The Kier molecular flexibility index (Phi) is 3.24. The minimum Gasteiger partial charge on any atom is -0.491 e. The molecule has 0 amide bonds. The number of thiophene rings is 1. The molecule has 2 aromatic heterocycles. The first-order valence-electron chi connectivity index (χ1n) is 4.69.